The van der Waals surface area contributed by atoms with Crippen LogP contribution in [0.3, 0.4) is 0 Å². The average Bonchev–Trinajstić information content (AvgIpc) is 3.03. The summed E-state index contributed by atoms with van der Waals surface area (Å²) in [6.07, 6.45) is 5.54. The van der Waals surface area contributed by atoms with Crippen LogP contribution in [-0.2, 0) is 21.4 Å². The molecule has 0 unspecified atom stereocenters. The molecule has 0 saturated carbocycles. The van der Waals surface area contributed by atoms with Crippen LogP contribution in [0.25, 0.3) is 5.57 Å². The van der Waals surface area contributed by atoms with E-state index in [1.807, 2.05) is 12.1 Å². The number of carboxylic acid groups (broad SMARTS) is 1. The van der Waals surface area contributed by atoms with Crippen molar-refractivity contribution >= 4 is 29.1 Å². The van der Waals surface area contributed by atoms with Gasteiger partial charge in [-0.05, 0) is 31.4 Å². The fourth-order valence-corrected chi connectivity index (χ4v) is 3.83. The molecule has 33 heavy (non-hydrogen) atoms. The van der Waals surface area contributed by atoms with Crippen molar-refractivity contribution in [3.8, 4) is 0 Å². The number of anilines is 2. The predicted octanol–water partition coefficient (Wildman–Crippen LogP) is 3.32. The van der Waals surface area contributed by atoms with Crippen LogP contribution >= 0.6 is 0 Å². The molecule has 2 heterocycles. The Morgan fingerprint density at radius 2 is 1.94 bits per heavy atom. The number of aromatic nitrogens is 2. The highest BCUT2D eigenvalue weighted by Gasteiger charge is 2.47. The van der Waals surface area contributed by atoms with E-state index < -0.39 is 11.4 Å². The van der Waals surface area contributed by atoms with Crippen molar-refractivity contribution in [1.29, 1.82) is 0 Å². The van der Waals surface area contributed by atoms with Gasteiger partial charge in [0.1, 0.15) is 17.1 Å². The van der Waals surface area contributed by atoms with Gasteiger partial charge in [-0.1, -0.05) is 55.7 Å². The number of aliphatic carboxylic acids is 1. The lowest BCUT2D eigenvalue weighted by atomic mass is 9.77. The minimum absolute atomic E-state index is 0.0358. The third-order valence-electron chi connectivity index (χ3n) is 5.70. The van der Waals surface area contributed by atoms with Crippen molar-refractivity contribution in [2.75, 3.05) is 11.1 Å². The second-order valence-electron chi connectivity index (χ2n) is 8.00. The normalized spacial score (nSPS) is 17.9. The molecule has 1 aromatic heterocycles. The second kappa shape index (κ2) is 9.12. The van der Waals surface area contributed by atoms with E-state index in [9.17, 15) is 9.59 Å². The summed E-state index contributed by atoms with van der Waals surface area (Å²) < 4.78 is 0. The predicted molar refractivity (Wildman–Crippen MR) is 129 cm³/mol. The van der Waals surface area contributed by atoms with Gasteiger partial charge in [-0.2, -0.15) is 0 Å². The molecule has 0 spiro atoms. The molecule has 0 aliphatic carbocycles. The van der Waals surface area contributed by atoms with Gasteiger partial charge in [0.05, 0.1) is 5.56 Å². The van der Waals surface area contributed by atoms with E-state index >= 15 is 0 Å². The van der Waals surface area contributed by atoms with Crippen LogP contribution in [-0.4, -0.2) is 27.0 Å². The molecule has 2 aromatic rings. The van der Waals surface area contributed by atoms with Gasteiger partial charge < -0.3 is 21.9 Å². The summed E-state index contributed by atoms with van der Waals surface area (Å²) in [6.45, 7) is 11.2. The van der Waals surface area contributed by atoms with Crippen molar-refractivity contribution in [3.05, 3.63) is 89.4 Å². The lowest BCUT2D eigenvalue weighted by Crippen LogP contribution is -2.33. The first-order valence-corrected chi connectivity index (χ1v) is 10.3. The number of aryl methyl sites for hydroxylation is 1. The number of carbonyl (C=O) groups excluding carboxylic acids is 1. The van der Waals surface area contributed by atoms with Crippen molar-refractivity contribution in [1.82, 2.24) is 9.97 Å². The molecule has 1 aromatic carbocycles. The Bertz CT molecular complexity index is 1210. The number of nitrogens with two attached hydrogens (primary N) is 2. The Morgan fingerprint density at radius 1 is 1.27 bits per heavy atom. The van der Waals surface area contributed by atoms with Crippen LogP contribution in [0.15, 0.2) is 66.9 Å². The van der Waals surface area contributed by atoms with Crippen molar-refractivity contribution in [2.24, 2.45) is 5.73 Å². The Kier molecular flexibility index (Phi) is 6.48. The van der Waals surface area contributed by atoms with Crippen LogP contribution in [0.5, 0.6) is 0 Å². The summed E-state index contributed by atoms with van der Waals surface area (Å²) in [5.41, 5.74) is 14.9. The van der Waals surface area contributed by atoms with E-state index in [-0.39, 0.29) is 24.0 Å². The number of carboxylic acids is 1. The maximum Gasteiger partial charge on any atom is 0.303 e. The smallest absolute Gasteiger partial charge is 0.303 e. The van der Waals surface area contributed by atoms with Gasteiger partial charge in [-0.25, -0.2) is 9.97 Å². The molecule has 3 rings (SSSR count). The molecule has 0 saturated heterocycles. The highest BCUT2D eigenvalue weighted by molar-refractivity contribution is 6.09. The zero-order valence-corrected chi connectivity index (χ0v) is 18.7. The highest BCUT2D eigenvalue weighted by atomic mass is 16.4. The number of hydrogen-bond acceptors (Lipinski definition) is 6. The van der Waals surface area contributed by atoms with E-state index in [2.05, 4.69) is 28.4 Å². The molecule has 0 bridgehead atoms. The first-order valence-electron chi connectivity index (χ1n) is 10.3. The lowest BCUT2D eigenvalue weighted by molar-refractivity contribution is -0.137. The van der Waals surface area contributed by atoms with Gasteiger partial charge in [-0.3, -0.25) is 9.59 Å². The molecular weight excluding hydrogens is 418 g/mol. The number of hydrogen-bond donors (Lipinski definition) is 4. The van der Waals surface area contributed by atoms with E-state index in [1.165, 1.54) is 0 Å². The number of allylic oxidation sites excluding steroid dienone is 6. The largest absolute Gasteiger partial charge is 0.481 e. The summed E-state index contributed by atoms with van der Waals surface area (Å²) in [5, 5.41) is 11.7. The quantitative estimate of drug-likeness (QED) is 0.456. The summed E-state index contributed by atoms with van der Waals surface area (Å²) >= 11 is 0. The molecule has 1 aliphatic rings. The summed E-state index contributed by atoms with van der Waals surface area (Å²) in [7, 11) is 0. The van der Waals surface area contributed by atoms with Crippen LogP contribution in [0.1, 0.15) is 42.8 Å². The Morgan fingerprint density at radius 3 is 2.52 bits per heavy atom. The number of nitrogen functional groups attached to an aromatic ring is 1. The number of carbonyl (C=O) groups is 2. The topological polar surface area (TPSA) is 144 Å². The monoisotopic (exact) mass is 445 g/mol. The van der Waals surface area contributed by atoms with E-state index in [1.54, 1.807) is 44.2 Å². The molecule has 1 amide bonds. The van der Waals surface area contributed by atoms with Crippen LogP contribution in [0.2, 0.25) is 0 Å². The average molecular weight is 446 g/mol. The number of amides is 1. The Labute approximate surface area is 192 Å². The van der Waals surface area contributed by atoms with Crippen molar-refractivity contribution in [3.63, 3.8) is 0 Å². The molecule has 1 aliphatic heterocycles. The zero-order chi connectivity index (χ0) is 24.3. The van der Waals surface area contributed by atoms with E-state index in [0.29, 0.717) is 40.2 Å². The fraction of sp³-hybridized carbons (Fsp3) is 0.200. The summed E-state index contributed by atoms with van der Waals surface area (Å²) in [5.74, 6) is -0.401. The lowest BCUT2D eigenvalue weighted by Gasteiger charge is -2.24. The molecule has 170 valence electrons. The van der Waals surface area contributed by atoms with Gasteiger partial charge in [0.2, 0.25) is 5.91 Å². The molecule has 0 fully saturated rings. The highest BCUT2D eigenvalue weighted by Crippen LogP contribution is 2.44. The maximum absolute atomic E-state index is 13.1. The SMILES string of the molecule is C=C/C=C\C(C(=C)c1nc(N)c2c(n1)NC(=O)[C@@]2(C)c1ccc(CCC(=O)O)cc1)=C(/C)N. The minimum Gasteiger partial charge on any atom is -0.481 e. The standard InChI is InChI=1S/C25H27N5O3/c1-5-6-7-18(15(3)26)14(2)22-28-21(27)20-23(29-22)30-24(33)25(20,4)17-11-8-16(9-12-17)10-13-19(31)32/h5-9,11-12H,1-2,10,13,26H2,3-4H3,(H,31,32)(H3,27,28,29,30,33)/b7-6-,18-15-/t25-/m0/s1. The van der Waals surface area contributed by atoms with Crippen LogP contribution < -0.4 is 16.8 Å². The van der Waals surface area contributed by atoms with Crippen LogP contribution in [0.4, 0.5) is 11.6 Å². The summed E-state index contributed by atoms with van der Waals surface area (Å²) in [6, 6.07) is 7.23. The Hall–Kier alpha value is -4.20. The van der Waals surface area contributed by atoms with E-state index in [0.717, 1.165) is 5.56 Å². The molecular formula is C25H27N5O3. The molecule has 8 heteroatoms. The molecule has 6 N–H and O–H groups in total. The van der Waals surface area contributed by atoms with Gasteiger partial charge in [-0.15, -0.1) is 0 Å². The van der Waals surface area contributed by atoms with Gasteiger partial charge in [0.15, 0.2) is 5.82 Å². The minimum atomic E-state index is -1.10. The maximum atomic E-state index is 13.1. The van der Waals surface area contributed by atoms with Gasteiger partial charge in [0, 0.05) is 23.3 Å². The van der Waals surface area contributed by atoms with Crippen molar-refractivity contribution < 1.29 is 14.7 Å². The molecule has 0 radical (unpaired) electrons. The third-order valence-corrected chi connectivity index (χ3v) is 5.70. The van der Waals surface area contributed by atoms with Crippen LogP contribution in [0, 0.1) is 0 Å². The number of rotatable bonds is 8. The first kappa shape index (κ1) is 23.5. The molecule has 1 atom stereocenters. The van der Waals surface area contributed by atoms with Gasteiger partial charge in [0.25, 0.3) is 0 Å². The number of fused-ring (bicyclic) bond motifs is 1. The Balaban J connectivity index is 2.02. The third kappa shape index (κ3) is 4.41. The fourth-order valence-electron chi connectivity index (χ4n) is 3.83. The summed E-state index contributed by atoms with van der Waals surface area (Å²) in [4.78, 5) is 32.9. The number of nitrogens with one attached hydrogen (secondary N) is 1. The van der Waals surface area contributed by atoms with Crippen molar-refractivity contribution in [2.45, 2.75) is 32.1 Å². The first-order chi connectivity index (χ1) is 15.6. The zero-order valence-electron chi connectivity index (χ0n) is 18.7. The molecule has 8 nitrogen and oxygen atoms in total. The number of benzene rings is 1. The number of nitrogens with zero attached hydrogens (tertiary/aromatic N) is 2. The van der Waals surface area contributed by atoms with E-state index in [4.69, 9.17) is 16.6 Å². The van der Waals surface area contributed by atoms with Gasteiger partial charge >= 0.3 is 5.97 Å². The second-order valence-corrected chi connectivity index (χ2v) is 8.00.